The largest absolute Gasteiger partial charge is 0.330 e. The molecule has 0 bridgehead atoms. The summed E-state index contributed by atoms with van der Waals surface area (Å²) in [5.74, 6) is 1.41. The van der Waals surface area contributed by atoms with Crippen LogP contribution in [0.4, 0.5) is 0 Å². The van der Waals surface area contributed by atoms with Gasteiger partial charge in [-0.2, -0.15) is 0 Å². The zero-order valence-corrected chi connectivity index (χ0v) is 7.33. The summed E-state index contributed by atoms with van der Waals surface area (Å²) in [6.45, 7) is 2.96. The molecule has 2 atom stereocenters. The summed E-state index contributed by atoms with van der Waals surface area (Å²) in [5, 5.41) is 0. The number of nitrogens with two attached hydrogens (primary N) is 1. The first kappa shape index (κ1) is 7.74. The van der Waals surface area contributed by atoms with Gasteiger partial charge in [0.2, 0.25) is 0 Å². The van der Waals surface area contributed by atoms with Gasteiger partial charge in [-0.15, -0.1) is 0 Å². The molecule has 2 heteroatoms. The molecule has 2 N–H and O–H groups in total. The summed E-state index contributed by atoms with van der Waals surface area (Å²) in [7, 11) is 0. The molecule has 0 amide bonds. The number of aryl methyl sites for hydroxylation is 1. The van der Waals surface area contributed by atoms with Crippen molar-refractivity contribution in [1.82, 2.24) is 4.98 Å². The van der Waals surface area contributed by atoms with Gasteiger partial charge in [0, 0.05) is 12.4 Å². The van der Waals surface area contributed by atoms with Gasteiger partial charge in [0.05, 0.1) is 0 Å². The maximum Gasteiger partial charge on any atom is 0.0305 e. The van der Waals surface area contributed by atoms with Crippen molar-refractivity contribution in [2.24, 2.45) is 11.7 Å². The molecule has 0 aliphatic heterocycles. The first-order chi connectivity index (χ1) is 5.83. The summed E-state index contributed by atoms with van der Waals surface area (Å²) in [4.78, 5) is 4.13. The van der Waals surface area contributed by atoms with E-state index >= 15 is 0 Å². The highest BCUT2D eigenvalue weighted by Gasteiger charge is 2.37. The van der Waals surface area contributed by atoms with E-state index in [2.05, 4.69) is 18.0 Å². The van der Waals surface area contributed by atoms with E-state index < -0.39 is 0 Å². The maximum atomic E-state index is 5.59. The minimum atomic E-state index is 0.698. The lowest BCUT2D eigenvalue weighted by atomic mass is 10.1. The number of nitrogens with zero attached hydrogens (tertiary/aromatic N) is 1. The predicted octanol–water partition coefficient (Wildman–Crippen LogP) is 1.45. The highest BCUT2D eigenvalue weighted by atomic mass is 14.7. The molecule has 0 aromatic carbocycles. The van der Waals surface area contributed by atoms with E-state index in [4.69, 9.17) is 5.73 Å². The van der Waals surface area contributed by atoms with Crippen molar-refractivity contribution >= 4 is 0 Å². The Labute approximate surface area is 72.8 Å². The second-order valence-corrected chi connectivity index (χ2v) is 3.57. The number of rotatable bonds is 2. The van der Waals surface area contributed by atoms with Gasteiger partial charge in [-0.25, -0.2) is 0 Å². The molecule has 12 heavy (non-hydrogen) atoms. The van der Waals surface area contributed by atoms with Crippen molar-refractivity contribution < 1.29 is 0 Å². The molecule has 1 aromatic rings. The van der Waals surface area contributed by atoms with E-state index in [1.165, 1.54) is 17.5 Å². The maximum absolute atomic E-state index is 5.59. The van der Waals surface area contributed by atoms with Crippen molar-refractivity contribution in [3.8, 4) is 0 Å². The van der Waals surface area contributed by atoms with Gasteiger partial charge in [0.15, 0.2) is 0 Å². The Morgan fingerprint density at radius 3 is 3.08 bits per heavy atom. The van der Waals surface area contributed by atoms with Crippen molar-refractivity contribution in [1.29, 1.82) is 0 Å². The highest BCUT2D eigenvalue weighted by molar-refractivity contribution is 5.30. The smallest absolute Gasteiger partial charge is 0.0305 e. The SMILES string of the molecule is Cc1ccncc1[C@@H]1C[C@H]1CN. The fourth-order valence-corrected chi connectivity index (χ4v) is 1.75. The fourth-order valence-electron chi connectivity index (χ4n) is 1.75. The van der Waals surface area contributed by atoms with E-state index in [0.717, 1.165) is 6.54 Å². The van der Waals surface area contributed by atoms with Crippen LogP contribution in [0.3, 0.4) is 0 Å². The molecule has 0 unspecified atom stereocenters. The Balaban J connectivity index is 2.19. The lowest BCUT2D eigenvalue weighted by Crippen LogP contribution is -2.02. The summed E-state index contributed by atoms with van der Waals surface area (Å²) in [6, 6.07) is 2.07. The first-order valence-corrected chi connectivity index (χ1v) is 4.43. The molecule has 1 aromatic heterocycles. The van der Waals surface area contributed by atoms with Gasteiger partial charge in [0.25, 0.3) is 0 Å². The summed E-state index contributed by atoms with van der Waals surface area (Å²) in [5.41, 5.74) is 8.34. The van der Waals surface area contributed by atoms with E-state index in [1.54, 1.807) is 0 Å². The van der Waals surface area contributed by atoms with Crippen molar-refractivity contribution in [3.05, 3.63) is 29.6 Å². The van der Waals surface area contributed by atoms with Crippen LogP contribution < -0.4 is 5.73 Å². The standard InChI is InChI=1S/C10H14N2/c1-7-2-3-12-6-10(7)9-4-8(9)5-11/h2-3,6,8-9H,4-5,11H2,1H3/t8-,9+/m0/s1. The van der Waals surface area contributed by atoms with Gasteiger partial charge in [0.1, 0.15) is 0 Å². The average molecular weight is 162 g/mol. The second kappa shape index (κ2) is 2.87. The molecule has 0 spiro atoms. The molecule has 2 rings (SSSR count). The van der Waals surface area contributed by atoms with Gasteiger partial charge in [-0.05, 0) is 48.9 Å². The topological polar surface area (TPSA) is 38.9 Å². The molecule has 1 saturated carbocycles. The van der Waals surface area contributed by atoms with Crippen LogP contribution in [0, 0.1) is 12.8 Å². The van der Waals surface area contributed by atoms with Crippen LogP contribution in [0.2, 0.25) is 0 Å². The van der Waals surface area contributed by atoms with Crippen LogP contribution >= 0.6 is 0 Å². The first-order valence-electron chi connectivity index (χ1n) is 4.43. The summed E-state index contributed by atoms with van der Waals surface area (Å²) < 4.78 is 0. The lowest BCUT2D eigenvalue weighted by Gasteiger charge is -2.02. The lowest BCUT2D eigenvalue weighted by molar-refractivity contribution is 0.805. The number of aromatic nitrogens is 1. The summed E-state index contributed by atoms with van der Waals surface area (Å²) >= 11 is 0. The molecule has 2 nitrogen and oxygen atoms in total. The minimum absolute atomic E-state index is 0.698. The monoisotopic (exact) mass is 162 g/mol. The van der Waals surface area contributed by atoms with Crippen LogP contribution in [0.5, 0.6) is 0 Å². The Bertz CT molecular complexity index is 283. The minimum Gasteiger partial charge on any atom is -0.330 e. The molecule has 1 heterocycles. The number of hydrogen-bond donors (Lipinski definition) is 1. The molecular formula is C10H14N2. The predicted molar refractivity (Wildman–Crippen MR) is 48.9 cm³/mol. The van der Waals surface area contributed by atoms with E-state index in [1.807, 2.05) is 12.4 Å². The molecule has 1 fully saturated rings. The van der Waals surface area contributed by atoms with Crippen LogP contribution in [0.25, 0.3) is 0 Å². The Morgan fingerprint density at radius 2 is 2.50 bits per heavy atom. The third kappa shape index (κ3) is 1.23. The normalized spacial score (nSPS) is 27.2. The fraction of sp³-hybridized carbons (Fsp3) is 0.500. The second-order valence-electron chi connectivity index (χ2n) is 3.57. The molecule has 0 saturated heterocycles. The average Bonchev–Trinajstić information content (AvgIpc) is 2.84. The molecule has 1 aliphatic carbocycles. The number of pyridine rings is 1. The zero-order chi connectivity index (χ0) is 8.55. The third-order valence-corrected chi connectivity index (χ3v) is 2.70. The van der Waals surface area contributed by atoms with Crippen LogP contribution in [0.15, 0.2) is 18.5 Å². The van der Waals surface area contributed by atoms with Crippen molar-refractivity contribution in [2.45, 2.75) is 19.3 Å². The molecular weight excluding hydrogens is 148 g/mol. The van der Waals surface area contributed by atoms with Crippen LogP contribution in [-0.4, -0.2) is 11.5 Å². The van der Waals surface area contributed by atoms with Gasteiger partial charge in [-0.3, -0.25) is 4.98 Å². The van der Waals surface area contributed by atoms with Gasteiger partial charge >= 0.3 is 0 Å². The summed E-state index contributed by atoms with van der Waals surface area (Å²) in [6.07, 6.45) is 5.08. The Kier molecular flexibility index (Phi) is 1.85. The molecule has 1 aliphatic rings. The van der Waals surface area contributed by atoms with E-state index in [0.29, 0.717) is 11.8 Å². The van der Waals surface area contributed by atoms with Gasteiger partial charge < -0.3 is 5.73 Å². The van der Waals surface area contributed by atoms with E-state index in [9.17, 15) is 0 Å². The molecule has 64 valence electrons. The Morgan fingerprint density at radius 1 is 1.67 bits per heavy atom. The van der Waals surface area contributed by atoms with E-state index in [-0.39, 0.29) is 0 Å². The molecule has 0 radical (unpaired) electrons. The van der Waals surface area contributed by atoms with Crippen molar-refractivity contribution in [2.75, 3.05) is 6.54 Å². The van der Waals surface area contributed by atoms with Crippen LogP contribution in [0.1, 0.15) is 23.5 Å². The zero-order valence-electron chi connectivity index (χ0n) is 7.33. The van der Waals surface area contributed by atoms with Gasteiger partial charge in [-0.1, -0.05) is 0 Å². The van der Waals surface area contributed by atoms with Crippen molar-refractivity contribution in [3.63, 3.8) is 0 Å². The Hall–Kier alpha value is -0.890. The number of hydrogen-bond acceptors (Lipinski definition) is 2. The third-order valence-electron chi connectivity index (χ3n) is 2.70. The highest BCUT2D eigenvalue weighted by Crippen LogP contribution is 2.47. The van der Waals surface area contributed by atoms with Crippen LogP contribution in [-0.2, 0) is 0 Å². The quantitative estimate of drug-likeness (QED) is 0.715.